The van der Waals surface area contributed by atoms with Crippen molar-refractivity contribution in [2.75, 3.05) is 10.6 Å². The van der Waals surface area contributed by atoms with Gasteiger partial charge in [0.2, 0.25) is 5.95 Å². The van der Waals surface area contributed by atoms with Crippen LogP contribution in [0.2, 0.25) is 0 Å². The van der Waals surface area contributed by atoms with Crippen LogP contribution in [0.3, 0.4) is 0 Å². The lowest BCUT2D eigenvalue weighted by Crippen LogP contribution is -2.33. The first-order valence-electron chi connectivity index (χ1n) is 10.1. The lowest BCUT2D eigenvalue weighted by molar-refractivity contribution is 0.411. The highest BCUT2D eigenvalue weighted by Gasteiger charge is 2.19. The van der Waals surface area contributed by atoms with E-state index in [0.29, 0.717) is 40.6 Å². The van der Waals surface area contributed by atoms with Gasteiger partial charge in [0.05, 0.1) is 34.8 Å². The molecule has 1 aliphatic carbocycles. The van der Waals surface area contributed by atoms with Gasteiger partial charge in [0, 0.05) is 24.7 Å². The van der Waals surface area contributed by atoms with Crippen molar-refractivity contribution < 1.29 is 0 Å². The van der Waals surface area contributed by atoms with Crippen molar-refractivity contribution in [2.45, 2.75) is 51.2 Å². The highest BCUT2D eigenvalue weighted by atomic mass is 16.1. The van der Waals surface area contributed by atoms with Crippen molar-refractivity contribution in [3.63, 3.8) is 0 Å². The molecule has 0 aromatic carbocycles. The molecule has 1 aliphatic rings. The molecule has 0 aliphatic heterocycles. The van der Waals surface area contributed by atoms with E-state index in [1.54, 1.807) is 23.0 Å². The van der Waals surface area contributed by atoms with Crippen LogP contribution < -0.4 is 21.9 Å². The van der Waals surface area contributed by atoms with Crippen molar-refractivity contribution in [3.05, 3.63) is 46.6 Å². The Morgan fingerprint density at radius 2 is 2.03 bits per heavy atom. The molecule has 3 aromatic rings. The highest BCUT2D eigenvalue weighted by Crippen LogP contribution is 2.25. The van der Waals surface area contributed by atoms with Crippen molar-refractivity contribution in [1.82, 2.24) is 19.5 Å². The third-order valence-corrected chi connectivity index (χ3v) is 5.44. The minimum absolute atomic E-state index is 0.0787. The third-order valence-electron chi connectivity index (χ3n) is 5.44. The number of nitrogens with zero attached hydrogens (tertiary/aromatic N) is 5. The average Bonchev–Trinajstić information content (AvgIpc) is 2.76. The van der Waals surface area contributed by atoms with E-state index >= 15 is 0 Å². The highest BCUT2D eigenvalue weighted by molar-refractivity contribution is 5.75. The number of pyridine rings is 2. The Morgan fingerprint density at radius 1 is 1.23 bits per heavy atom. The fraction of sp³-hybridized carbons (Fsp3) is 0.381. The predicted octanol–water partition coefficient (Wildman–Crippen LogP) is 2.50. The molecular weight excluding hydrogens is 380 g/mol. The normalized spacial score (nSPS) is 18.7. The van der Waals surface area contributed by atoms with Crippen LogP contribution in [0.5, 0.6) is 0 Å². The molecule has 154 valence electrons. The summed E-state index contributed by atoms with van der Waals surface area (Å²) in [6.45, 7) is 2.46. The molecular formula is C21H24N8O. The van der Waals surface area contributed by atoms with Crippen LogP contribution in [0.1, 0.15) is 38.3 Å². The number of anilines is 3. The summed E-state index contributed by atoms with van der Waals surface area (Å²) < 4.78 is 1.63. The van der Waals surface area contributed by atoms with Crippen LogP contribution in [0.25, 0.3) is 11.0 Å². The molecule has 0 amide bonds. The zero-order valence-electron chi connectivity index (χ0n) is 16.8. The van der Waals surface area contributed by atoms with Gasteiger partial charge in [0.15, 0.2) is 5.69 Å². The monoisotopic (exact) mass is 404 g/mol. The molecule has 0 spiro atoms. The summed E-state index contributed by atoms with van der Waals surface area (Å²) in [5.74, 6) is 0.393. The Hall–Kier alpha value is -3.51. The fourth-order valence-electron chi connectivity index (χ4n) is 3.81. The van der Waals surface area contributed by atoms with E-state index in [1.165, 1.54) is 6.07 Å². The van der Waals surface area contributed by atoms with Crippen LogP contribution in [0.4, 0.5) is 17.3 Å². The topological polar surface area (TPSA) is 135 Å². The maximum absolute atomic E-state index is 12.0. The number of fused-ring (bicyclic) bond motifs is 1. The van der Waals surface area contributed by atoms with Gasteiger partial charge in [0.1, 0.15) is 6.07 Å². The van der Waals surface area contributed by atoms with Gasteiger partial charge in [-0.1, -0.05) is 0 Å². The van der Waals surface area contributed by atoms with Gasteiger partial charge in [-0.3, -0.25) is 4.79 Å². The van der Waals surface area contributed by atoms with E-state index in [-0.39, 0.29) is 17.6 Å². The molecule has 4 rings (SSSR count). The molecule has 3 heterocycles. The summed E-state index contributed by atoms with van der Waals surface area (Å²) in [6, 6.07) is 7.72. The zero-order valence-corrected chi connectivity index (χ0v) is 16.8. The van der Waals surface area contributed by atoms with Crippen LogP contribution >= 0.6 is 0 Å². The van der Waals surface area contributed by atoms with Crippen molar-refractivity contribution in [3.8, 4) is 6.07 Å². The number of aromatic nitrogens is 4. The van der Waals surface area contributed by atoms with E-state index in [9.17, 15) is 10.1 Å². The second-order valence-corrected chi connectivity index (χ2v) is 7.49. The molecule has 0 atom stereocenters. The average molecular weight is 404 g/mol. The van der Waals surface area contributed by atoms with Crippen molar-refractivity contribution in [1.29, 1.82) is 5.26 Å². The molecule has 0 unspecified atom stereocenters. The maximum Gasteiger partial charge on any atom is 0.251 e. The number of hydrogen-bond acceptors (Lipinski definition) is 8. The van der Waals surface area contributed by atoms with E-state index in [4.69, 9.17) is 5.73 Å². The van der Waals surface area contributed by atoms with Gasteiger partial charge in [0.25, 0.3) is 5.56 Å². The first-order valence-corrected chi connectivity index (χ1v) is 10.1. The molecule has 0 bridgehead atoms. The lowest BCUT2D eigenvalue weighted by atomic mass is 9.91. The van der Waals surface area contributed by atoms with E-state index in [0.717, 1.165) is 25.7 Å². The Bertz CT molecular complexity index is 1160. The Morgan fingerprint density at radius 3 is 2.77 bits per heavy atom. The number of nitriles is 1. The first-order chi connectivity index (χ1) is 14.6. The lowest BCUT2D eigenvalue weighted by Gasteiger charge is -2.27. The number of aryl methyl sites for hydroxylation is 1. The Labute approximate surface area is 174 Å². The summed E-state index contributed by atoms with van der Waals surface area (Å²) in [7, 11) is 0. The second-order valence-electron chi connectivity index (χ2n) is 7.49. The fourth-order valence-corrected chi connectivity index (χ4v) is 3.81. The van der Waals surface area contributed by atoms with Crippen molar-refractivity contribution >= 4 is 28.4 Å². The molecule has 4 N–H and O–H groups in total. The van der Waals surface area contributed by atoms with Crippen LogP contribution in [-0.4, -0.2) is 31.6 Å². The maximum atomic E-state index is 12.0. The van der Waals surface area contributed by atoms with E-state index in [1.807, 2.05) is 13.0 Å². The summed E-state index contributed by atoms with van der Waals surface area (Å²) in [5, 5.41) is 16.0. The number of rotatable bonds is 5. The standard InChI is InChI=1S/C21H24N8O/c1-2-29-19-12-25-21(28-16(19)7-8-20(29)30)27-15-9-17(18(10-22)24-11-15)26-14-5-3-13(23)4-6-14/h7-9,11-14,26H,2-6,23H2,1H3,(H,25,27,28). The Kier molecular flexibility index (Phi) is 5.59. The molecule has 0 saturated heterocycles. The van der Waals surface area contributed by atoms with Crippen LogP contribution in [-0.2, 0) is 6.54 Å². The van der Waals surface area contributed by atoms with Gasteiger partial charge in [-0.25, -0.2) is 15.0 Å². The molecule has 9 nitrogen and oxygen atoms in total. The zero-order chi connectivity index (χ0) is 21.1. The van der Waals surface area contributed by atoms with E-state index in [2.05, 4.69) is 31.7 Å². The van der Waals surface area contributed by atoms with Crippen LogP contribution in [0.15, 0.2) is 35.4 Å². The van der Waals surface area contributed by atoms with Gasteiger partial charge in [-0.05, 0) is 44.7 Å². The van der Waals surface area contributed by atoms with E-state index < -0.39 is 0 Å². The molecule has 3 aromatic heterocycles. The summed E-state index contributed by atoms with van der Waals surface area (Å²) in [5.41, 5.74) is 8.97. The molecule has 30 heavy (non-hydrogen) atoms. The summed E-state index contributed by atoms with van der Waals surface area (Å²) in [6.07, 6.45) is 7.10. The molecule has 9 heteroatoms. The quantitative estimate of drug-likeness (QED) is 0.590. The summed E-state index contributed by atoms with van der Waals surface area (Å²) >= 11 is 0. The summed E-state index contributed by atoms with van der Waals surface area (Å²) in [4.78, 5) is 25.1. The van der Waals surface area contributed by atoms with Crippen LogP contribution in [0, 0.1) is 11.3 Å². The van der Waals surface area contributed by atoms with Crippen molar-refractivity contribution in [2.24, 2.45) is 5.73 Å². The predicted molar refractivity (Wildman–Crippen MR) is 116 cm³/mol. The van der Waals surface area contributed by atoms with Gasteiger partial charge in [-0.15, -0.1) is 0 Å². The van der Waals surface area contributed by atoms with Gasteiger partial charge >= 0.3 is 0 Å². The third kappa shape index (κ3) is 4.09. The minimum atomic E-state index is -0.0787. The van der Waals surface area contributed by atoms with Gasteiger partial charge < -0.3 is 20.9 Å². The largest absolute Gasteiger partial charge is 0.380 e. The molecule has 1 fully saturated rings. The van der Waals surface area contributed by atoms with Gasteiger partial charge in [-0.2, -0.15) is 5.26 Å². The minimum Gasteiger partial charge on any atom is -0.380 e. The number of nitrogens with two attached hydrogens (primary N) is 1. The number of nitrogens with one attached hydrogen (secondary N) is 2. The smallest absolute Gasteiger partial charge is 0.251 e. The first kappa shape index (κ1) is 19.8. The number of hydrogen-bond donors (Lipinski definition) is 3. The molecule has 1 saturated carbocycles. The Balaban J connectivity index is 1.58. The molecule has 0 radical (unpaired) electrons. The second kappa shape index (κ2) is 8.47. The SMILES string of the molecule is CCn1c(=O)ccc2nc(Nc3cnc(C#N)c(NC4CCC(N)CC4)c3)ncc21.